The van der Waals surface area contributed by atoms with E-state index in [9.17, 15) is 0 Å². The molecule has 1 aliphatic carbocycles. The summed E-state index contributed by atoms with van der Waals surface area (Å²) < 4.78 is 5.23. The van der Waals surface area contributed by atoms with E-state index >= 15 is 0 Å². The first-order valence-corrected chi connectivity index (χ1v) is 4.18. The normalized spacial score (nSPS) is 33.3. The second kappa shape index (κ2) is 3.87. The van der Waals surface area contributed by atoms with Crippen LogP contribution in [0, 0.1) is 0 Å². The first-order chi connectivity index (χ1) is 4.84. The Morgan fingerprint density at radius 1 is 1.40 bits per heavy atom. The van der Waals surface area contributed by atoms with Crippen molar-refractivity contribution in [3.63, 3.8) is 0 Å². The van der Waals surface area contributed by atoms with Gasteiger partial charge in [-0.15, -0.1) is 11.6 Å². The Hall–Kier alpha value is -0.170. The Morgan fingerprint density at radius 2 is 2.10 bits per heavy atom. The number of alkyl halides is 1. The highest BCUT2D eigenvalue weighted by Crippen LogP contribution is 2.25. The topological polar surface area (TPSA) is 9.23 Å². The van der Waals surface area contributed by atoms with Crippen LogP contribution in [-0.2, 0) is 4.74 Å². The fraction of sp³-hybridized carbons (Fsp3) is 0.750. The highest BCUT2D eigenvalue weighted by molar-refractivity contribution is 6.21. The summed E-state index contributed by atoms with van der Waals surface area (Å²) in [5, 5.41) is 0.201. The summed E-state index contributed by atoms with van der Waals surface area (Å²) in [5.41, 5.74) is 0. The van der Waals surface area contributed by atoms with Gasteiger partial charge in [0.25, 0.3) is 0 Å². The molecule has 0 aromatic heterocycles. The average molecular weight is 161 g/mol. The van der Waals surface area contributed by atoms with E-state index in [-0.39, 0.29) is 11.5 Å². The molecular weight excluding hydrogens is 148 g/mol. The Labute approximate surface area is 67.0 Å². The molecule has 0 radical (unpaired) electrons. The molecule has 1 rings (SSSR count). The molecule has 10 heavy (non-hydrogen) atoms. The molecule has 1 nitrogen and oxygen atoms in total. The van der Waals surface area contributed by atoms with E-state index in [4.69, 9.17) is 16.3 Å². The average Bonchev–Trinajstić information content (AvgIpc) is 1.94. The first kappa shape index (κ1) is 7.93. The van der Waals surface area contributed by atoms with Crippen LogP contribution >= 0.6 is 11.6 Å². The van der Waals surface area contributed by atoms with Crippen LogP contribution in [0.2, 0.25) is 0 Å². The van der Waals surface area contributed by atoms with Gasteiger partial charge in [-0.2, -0.15) is 0 Å². The Bertz CT molecular complexity index is 114. The zero-order valence-electron chi connectivity index (χ0n) is 6.05. The van der Waals surface area contributed by atoms with Crippen LogP contribution < -0.4 is 0 Å². The molecule has 0 aromatic rings. The van der Waals surface area contributed by atoms with Crippen LogP contribution in [-0.4, -0.2) is 11.5 Å². The summed E-state index contributed by atoms with van der Waals surface area (Å²) in [4.78, 5) is 0. The third-order valence-electron chi connectivity index (χ3n) is 1.89. The molecule has 1 aliphatic rings. The van der Waals surface area contributed by atoms with Crippen LogP contribution in [0.15, 0.2) is 12.8 Å². The van der Waals surface area contributed by atoms with Gasteiger partial charge >= 0.3 is 0 Å². The maximum absolute atomic E-state index is 5.99. The lowest BCUT2D eigenvalue weighted by atomic mass is 9.97. The molecule has 0 aromatic carbocycles. The molecule has 0 N–H and O–H groups in total. The van der Waals surface area contributed by atoms with E-state index < -0.39 is 0 Å². The maximum Gasteiger partial charge on any atom is 0.114 e. The standard InChI is InChI=1S/C8H13ClO/c1-2-10-8-6-4-3-5-7(8)9/h2,7-8H,1,3-6H2/t7-,8-/m1/s1. The van der Waals surface area contributed by atoms with Gasteiger partial charge in [0.2, 0.25) is 0 Å². The Morgan fingerprint density at radius 3 is 2.70 bits per heavy atom. The van der Waals surface area contributed by atoms with E-state index in [2.05, 4.69) is 6.58 Å². The minimum atomic E-state index is 0.201. The lowest BCUT2D eigenvalue weighted by Gasteiger charge is -2.25. The molecule has 0 unspecified atom stereocenters. The summed E-state index contributed by atoms with van der Waals surface area (Å²) in [6, 6.07) is 0. The van der Waals surface area contributed by atoms with E-state index in [1.165, 1.54) is 19.1 Å². The van der Waals surface area contributed by atoms with E-state index in [0.29, 0.717) is 0 Å². The predicted octanol–water partition coefficient (Wildman–Crippen LogP) is 2.70. The van der Waals surface area contributed by atoms with Crippen LogP contribution in [0.25, 0.3) is 0 Å². The summed E-state index contributed by atoms with van der Waals surface area (Å²) in [6.45, 7) is 3.51. The lowest BCUT2D eigenvalue weighted by molar-refractivity contribution is 0.111. The minimum absolute atomic E-state index is 0.201. The van der Waals surface area contributed by atoms with E-state index in [1.807, 2.05) is 0 Å². The van der Waals surface area contributed by atoms with Crippen molar-refractivity contribution in [1.82, 2.24) is 0 Å². The van der Waals surface area contributed by atoms with Crippen LogP contribution in [0.1, 0.15) is 25.7 Å². The van der Waals surface area contributed by atoms with E-state index in [0.717, 1.165) is 12.8 Å². The molecule has 0 spiro atoms. The zero-order chi connectivity index (χ0) is 7.40. The first-order valence-electron chi connectivity index (χ1n) is 3.75. The van der Waals surface area contributed by atoms with Crippen molar-refractivity contribution in [3.8, 4) is 0 Å². The van der Waals surface area contributed by atoms with Crippen molar-refractivity contribution in [3.05, 3.63) is 12.8 Å². The van der Waals surface area contributed by atoms with Gasteiger partial charge in [0.1, 0.15) is 6.10 Å². The summed E-state index contributed by atoms with van der Waals surface area (Å²) in [5.74, 6) is 0. The maximum atomic E-state index is 5.99. The molecular formula is C8H13ClO. The molecule has 1 fully saturated rings. The van der Waals surface area contributed by atoms with Crippen molar-refractivity contribution >= 4 is 11.6 Å². The zero-order valence-corrected chi connectivity index (χ0v) is 6.81. The molecule has 0 heterocycles. The molecule has 0 saturated heterocycles. The van der Waals surface area contributed by atoms with Crippen molar-refractivity contribution in [2.24, 2.45) is 0 Å². The molecule has 2 heteroatoms. The van der Waals surface area contributed by atoms with Gasteiger partial charge in [-0.1, -0.05) is 13.0 Å². The van der Waals surface area contributed by atoms with Gasteiger partial charge in [-0.25, -0.2) is 0 Å². The van der Waals surface area contributed by atoms with Gasteiger partial charge in [-0.05, 0) is 19.3 Å². The van der Waals surface area contributed by atoms with Gasteiger partial charge in [-0.3, -0.25) is 0 Å². The lowest BCUT2D eigenvalue weighted by Crippen LogP contribution is -2.26. The van der Waals surface area contributed by atoms with Gasteiger partial charge in [0, 0.05) is 0 Å². The molecule has 0 bridgehead atoms. The smallest absolute Gasteiger partial charge is 0.114 e. The Balaban J connectivity index is 2.32. The Kier molecular flexibility index (Phi) is 3.07. The SMILES string of the molecule is C=CO[C@@H]1CCCC[C@H]1Cl. The number of ether oxygens (including phenoxy) is 1. The van der Waals surface area contributed by atoms with Gasteiger partial charge in [0.15, 0.2) is 0 Å². The fourth-order valence-corrected chi connectivity index (χ4v) is 1.67. The van der Waals surface area contributed by atoms with Crippen molar-refractivity contribution in [2.75, 3.05) is 0 Å². The van der Waals surface area contributed by atoms with Gasteiger partial charge < -0.3 is 4.74 Å². The largest absolute Gasteiger partial charge is 0.497 e. The molecule has 1 saturated carbocycles. The van der Waals surface area contributed by atoms with Crippen molar-refractivity contribution < 1.29 is 4.74 Å². The summed E-state index contributed by atoms with van der Waals surface area (Å²) >= 11 is 5.99. The summed E-state index contributed by atoms with van der Waals surface area (Å²) in [7, 11) is 0. The van der Waals surface area contributed by atoms with E-state index in [1.54, 1.807) is 0 Å². The third kappa shape index (κ3) is 1.91. The summed E-state index contributed by atoms with van der Waals surface area (Å²) in [6.07, 6.45) is 6.35. The minimum Gasteiger partial charge on any atom is -0.497 e. The van der Waals surface area contributed by atoms with Crippen LogP contribution in [0.4, 0.5) is 0 Å². The predicted molar refractivity (Wildman–Crippen MR) is 43.2 cm³/mol. The van der Waals surface area contributed by atoms with Crippen molar-refractivity contribution in [2.45, 2.75) is 37.2 Å². The highest BCUT2D eigenvalue weighted by Gasteiger charge is 2.23. The number of halogens is 1. The highest BCUT2D eigenvalue weighted by atomic mass is 35.5. The van der Waals surface area contributed by atoms with Crippen LogP contribution in [0.3, 0.4) is 0 Å². The molecule has 2 atom stereocenters. The third-order valence-corrected chi connectivity index (χ3v) is 2.39. The van der Waals surface area contributed by atoms with Crippen LogP contribution in [0.5, 0.6) is 0 Å². The second-order valence-corrected chi connectivity index (χ2v) is 3.20. The van der Waals surface area contributed by atoms with Gasteiger partial charge in [0.05, 0.1) is 11.6 Å². The molecule has 0 aliphatic heterocycles. The fourth-order valence-electron chi connectivity index (χ4n) is 1.33. The number of hydrogen-bond donors (Lipinski definition) is 0. The quantitative estimate of drug-likeness (QED) is 0.446. The number of hydrogen-bond acceptors (Lipinski definition) is 1. The second-order valence-electron chi connectivity index (χ2n) is 2.64. The number of rotatable bonds is 2. The van der Waals surface area contributed by atoms with Crippen molar-refractivity contribution in [1.29, 1.82) is 0 Å². The molecule has 0 amide bonds. The monoisotopic (exact) mass is 160 g/mol. The molecule has 58 valence electrons.